The molecular formula is C28H41FN2O11. The third-order valence-electron chi connectivity index (χ3n) is 5.41. The highest BCUT2D eigenvalue weighted by atomic mass is 19.1. The Balaban J connectivity index is 1.34. The quantitative estimate of drug-likeness (QED) is 0.119. The van der Waals surface area contributed by atoms with Crippen molar-refractivity contribution < 1.29 is 56.7 Å². The molecule has 0 bridgehead atoms. The Labute approximate surface area is 245 Å². The Morgan fingerprint density at radius 3 is 1.48 bits per heavy atom. The molecule has 2 rings (SSSR count). The molecule has 0 aliphatic carbocycles. The molecule has 0 spiro atoms. The first-order valence-electron chi connectivity index (χ1n) is 13.7. The van der Waals surface area contributed by atoms with Gasteiger partial charge in [-0.15, -0.1) is 0 Å². The number of methoxy groups -OCH3 is 1. The van der Waals surface area contributed by atoms with Crippen LogP contribution in [0.5, 0.6) is 0 Å². The number of ether oxygens (including phenoxy) is 8. The van der Waals surface area contributed by atoms with Crippen LogP contribution in [0.2, 0.25) is 0 Å². The number of hydrogen-bond acceptors (Lipinski definition) is 11. The molecular weight excluding hydrogens is 559 g/mol. The van der Waals surface area contributed by atoms with E-state index in [0.29, 0.717) is 92.5 Å². The van der Waals surface area contributed by atoms with Gasteiger partial charge in [-0.3, -0.25) is 14.4 Å². The van der Waals surface area contributed by atoms with Gasteiger partial charge in [0.2, 0.25) is 0 Å². The first kappa shape index (κ1) is 35.4. The van der Waals surface area contributed by atoms with E-state index < -0.39 is 23.5 Å². The van der Waals surface area contributed by atoms with Crippen LogP contribution in [0.3, 0.4) is 0 Å². The van der Waals surface area contributed by atoms with E-state index in [9.17, 15) is 18.8 Å². The molecule has 0 unspecified atom stereocenters. The predicted octanol–water partition coefficient (Wildman–Crippen LogP) is 0.748. The summed E-state index contributed by atoms with van der Waals surface area (Å²) in [6.45, 7) is 6.94. The average Bonchev–Trinajstić information content (AvgIpc) is 3.32. The summed E-state index contributed by atoms with van der Waals surface area (Å²) in [4.78, 5) is 36.8. The van der Waals surface area contributed by atoms with Crippen molar-refractivity contribution in [2.75, 3.05) is 118 Å². The number of nitrogens with one attached hydrogen (secondary N) is 1. The summed E-state index contributed by atoms with van der Waals surface area (Å²) in [6, 6.07) is 3.32. The molecule has 42 heavy (non-hydrogen) atoms. The number of rotatable bonds is 26. The molecule has 236 valence electrons. The van der Waals surface area contributed by atoms with Crippen molar-refractivity contribution in [3.05, 3.63) is 41.7 Å². The lowest BCUT2D eigenvalue weighted by molar-refractivity contribution is -0.120. The van der Waals surface area contributed by atoms with Gasteiger partial charge in [-0.25, -0.2) is 9.29 Å². The minimum absolute atomic E-state index is 0.00982. The lowest BCUT2D eigenvalue weighted by Gasteiger charge is -2.15. The second kappa shape index (κ2) is 22.7. The number of benzene rings is 1. The molecule has 1 aromatic carbocycles. The van der Waals surface area contributed by atoms with Crippen molar-refractivity contribution >= 4 is 23.4 Å². The largest absolute Gasteiger partial charge is 0.382 e. The fourth-order valence-electron chi connectivity index (χ4n) is 3.39. The minimum Gasteiger partial charge on any atom is -0.382 e. The molecule has 0 atom stereocenters. The molecule has 1 aliphatic rings. The maximum Gasteiger partial charge on any atom is 0.258 e. The Morgan fingerprint density at radius 2 is 1.05 bits per heavy atom. The number of amides is 3. The number of anilines is 1. The summed E-state index contributed by atoms with van der Waals surface area (Å²) in [6.07, 6.45) is 2.17. The number of halogens is 1. The molecule has 14 heteroatoms. The van der Waals surface area contributed by atoms with E-state index >= 15 is 0 Å². The number of imide groups is 1. The van der Waals surface area contributed by atoms with Gasteiger partial charge in [0.15, 0.2) is 0 Å². The zero-order valence-corrected chi connectivity index (χ0v) is 24.0. The summed E-state index contributed by atoms with van der Waals surface area (Å²) >= 11 is 0. The molecule has 1 heterocycles. The van der Waals surface area contributed by atoms with E-state index in [1.165, 1.54) is 6.07 Å². The third-order valence-corrected chi connectivity index (χ3v) is 5.41. The number of carbonyl (C=O) groups is 3. The molecule has 1 aromatic rings. The van der Waals surface area contributed by atoms with Crippen LogP contribution in [0.1, 0.15) is 10.4 Å². The van der Waals surface area contributed by atoms with E-state index in [2.05, 4.69) is 5.32 Å². The summed E-state index contributed by atoms with van der Waals surface area (Å²) < 4.78 is 56.6. The van der Waals surface area contributed by atoms with Crippen LogP contribution >= 0.6 is 0 Å². The van der Waals surface area contributed by atoms with Crippen molar-refractivity contribution in [3.63, 3.8) is 0 Å². The number of nitrogens with zero attached hydrogens (tertiary/aromatic N) is 1. The van der Waals surface area contributed by atoms with Crippen molar-refractivity contribution in [1.29, 1.82) is 0 Å². The summed E-state index contributed by atoms with van der Waals surface area (Å²) in [5.41, 5.74) is -0.0264. The molecule has 0 saturated carbocycles. The maximum atomic E-state index is 14.0. The van der Waals surface area contributed by atoms with Gasteiger partial charge < -0.3 is 43.2 Å². The van der Waals surface area contributed by atoms with Gasteiger partial charge in [0.05, 0.1) is 105 Å². The van der Waals surface area contributed by atoms with E-state index in [1.54, 1.807) is 7.11 Å². The molecule has 1 N–H and O–H groups in total. The van der Waals surface area contributed by atoms with Crippen LogP contribution < -0.4 is 10.2 Å². The lowest BCUT2D eigenvalue weighted by Crippen LogP contribution is -2.31. The van der Waals surface area contributed by atoms with Gasteiger partial charge in [0, 0.05) is 31.4 Å². The fraction of sp³-hybridized carbons (Fsp3) is 0.607. The topological polar surface area (TPSA) is 140 Å². The maximum absolute atomic E-state index is 14.0. The number of hydrogen-bond donors (Lipinski definition) is 1. The normalized spacial score (nSPS) is 13.0. The summed E-state index contributed by atoms with van der Waals surface area (Å²) in [5.74, 6) is -2.49. The molecule has 1 aliphatic heterocycles. The van der Waals surface area contributed by atoms with Gasteiger partial charge in [-0.2, -0.15) is 0 Å². The smallest absolute Gasteiger partial charge is 0.258 e. The van der Waals surface area contributed by atoms with E-state index in [0.717, 1.165) is 29.2 Å². The fourth-order valence-corrected chi connectivity index (χ4v) is 3.39. The highest BCUT2D eigenvalue weighted by Gasteiger charge is 2.26. The van der Waals surface area contributed by atoms with Crippen molar-refractivity contribution in [3.8, 4) is 0 Å². The van der Waals surface area contributed by atoms with Gasteiger partial charge in [0.25, 0.3) is 17.7 Å². The first-order valence-corrected chi connectivity index (χ1v) is 13.7. The molecule has 0 fully saturated rings. The Morgan fingerprint density at radius 1 is 0.643 bits per heavy atom. The molecule has 0 radical (unpaired) electrons. The predicted molar refractivity (Wildman–Crippen MR) is 148 cm³/mol. The summed E-state index contributed by atoms with van der Waals surface area (Å²) in [5, 5.41) is 2.60. The molecule has 13 nitrogen and oxygen atoms in total. The minimum atomic E-state index is -0.741. The van der Waals surface area contributed by atoms with Crippen LogP contribution in [0.4, 0.5) is 10.1 Å². The van der Waals surface area contributed by atoms with Gasteiger partial charge >= 0.3 is 0 Å². The second-order valence-corrected chi connectivity index (χ2v) is 8.58. The zero-order chi connectivity index (χ0) is 30.3. The van der Waals surface area contributed by atoms with Crippen molar-refractivity contribution in [1.82, 2.24) is 5.32 Å². The highest BCUT2D eigenvalue weighted by Crippen LogP contribution is 2.22. The monoisotopic (exact) mass is 600 g/mol. The van der Waals surface area contributed by atoms with Crippen LogP contribution in [-0.2, 0) is 47.5 Å². The van der Waals surface area contributed by atoms with Gasteiger partial charge in [-0.05, 0) is 18.2 Å². The third kappa shape index (κ3) is 15.4. The SMILES string of the molecule is COCCOCCOCCOCCOCCOCCOCCOCCNC(=O)c1cc(F)cc(N2C(=O)C=CC2=O)c1. The second-order valence-electron chi connectivity index (χ2n) is 8.58. The Bertz CT molecular complexity index is 946. The van der Waals surface area contributed by atoms with E-state index in [-0.39, 0.29) is 24.4 Å². The first-order chi connectivity index (χ1) is 20.5. The van der Waals surface area contributed by atoms with Crippen molar-refractivity contribution in [2.45, 2.75) is 0 Å². The zero-order valence-electron chi connectivity index (χ0n) is 24.0. The molecule has 0 aromatic heterocycles. The van der Waals surface area contributed by atoms with Crippen LogP contribution in [0, 0.1) is 5.82 Å². The van der Waals surface area contributed by atoms with E-state index in [4.69, 9.17) is 37.9 Å². The van der Waals surface area contributed by atoms with Gasteiger partial charge in [-0.1, -0.05) is 0 Å². The van der Waals surface area contributed by atoms with E-state index in [1.807, 2.05) is 0 Å². The van der Waals surface area contributed by atoms with Crippen LogP contribution in [0.25, 0.3) is 0 Å². The standard InChI is InChI=1S/C28H41FN2O11/c1-35-6-7-37-10-11-39-14-15-41-18-19-42-17-16-40-13-12-38-9-8-36-5-4-30-28(34)23-20-24(29)22-25(21-23)31-26(32)2-3-27(31)33/h2-3,20-22H,4-19H2,1H3,(H,30,34). The highest BCUT2D eigenvalue weighted by molar-refractivity contribution is 6.28. The Kier molecular flexibility index (Phi) is 19.2. The van der Waals surface area contributed by atoms with Crippen LogP contribution in [0.15, 0.2) is 30.4 Å². The van der Waals surface area contributed by atoms with Crippen molar-refractivity contribution in [2.24, 2.45) is 0 Å². The lowest BCUT2D eigenvalue weighted by atomic mass is 10.1. The Hall–Kier alpha value is -2.82. The average molecular weight is 601 g/mol. The van der Waals surface area contributed by atoms with Gasteiger partial charge in [0.1, 0.15) is 5.82 Å². The molecule has 0 saturated heterocycles. The van der Waals surface area contributed by atoms with Crippen LogP contribution in [-0.4, -0.2) is 130 Å². The molecule has 3 amide bonds. The number of carbonyl (C=O) groups excluding carboxylic acids is 3. The summed E-state index contributed by atoms with van der Waals surface area (Å²) in [7, 11) is 1.63.